The summed E-state index contributed by atoms with van der Waals surface area (Å²) >= 11 is 0.294. The van der Waals surface area contributed by atoms with Crippen molar-refractivity contribution in [2.75, 3.05) is 11.6 Å². The van der Waals surface area contributed by atoms with E-state index >= 15 is 0 Å². The predicted molar refractivity (Wildman–Crippen MR) is 132 cm³/mol. The van der Waals surface area contributed by atoms with Gasteiger partial charge in [0.05, 0.1) is 33.8 Å². The summed E-state index contributed by atoms with van der Waals surface area (Å²) in [6.07, 6.45) is 6.94. The number of hydrogen-bond acceptors (Lipinski definition) is 9. The molecule has 2 saturated carbocycles. The average Bonchev–Trinajstić information content (AvgIpc) is 3.32. The highest BCUT2D eigenvalue weighted by atomic mass is 32.2. The maximum atomic E-state index is 12.3. The van der Waals surface area contributed by atoms with Crippen LogP contribution in [0.15, 0.2) is 17.4 Å². The Labute approximate surface area is 206 Å². The van der Waals surface area contributed by atoms with Crippen molar-refractivity contribution in [1.82, 2.24) is 19.9 Å². The third-order valence-electron chi connectivity index (χ3n) is 7.09. The lowest BCUT2D eigenvalue weighted by molar-refractivity contribution is -0.158. The Bertz CT molecular complexity index is 1260. The van der Waals surface area contributed by atoms with Crippen LogP contribution >= 0.6 is 11.3 Å². The molecule has 0 radical (unpaired) electrons. The summed E-state index contributed by atoms with van der Waals surface area (Å²) in [7, 11) is 0. The standard InChI is InChI=1S/C24H29N5O3S2/c1-11-17(22-28-18-12(2)25-9-8-16(18)33-22)21(29-23(26-11)34(5)30)27-15-10-14(13-6-7-13)19-20(15)32-24(3,4)31-19/h8-9,13-15,19-20H,6-7,10H2,1-5H3,(H,26,27,29)/t14-,15-,19-,20+,34?/m1/s1. The molecule has 1 unspecified atom stereocenters. The van der Waals surface area contributed by atoms with Crippen LogP contribution in [0.3, 0.4) is 0 Å². The molecule has 3 aromatic rings. The number of pyridine rings is 1. The number of nitrogens with zero attached hydrogens (tertiary/aromatic N) is 4. The first-order valence-corrected chi connectivity index (χ1v) is 14.1. The van der Waals surface area contributed by atoms with E-state index in [1.165, 1.54) is 12.8 Å². The Hall–Kier alpha value is -1.85. The lowest BCUT2D eigenvalue weighted by atomic mass is 9.99. The second kappa shape index (κ2) is 8.09. The Morgan fingerprint density at radius 1 is 1.12 bits per heavy atom. The molecule has 3 fully saturated rings. The zero-order valence-electron chi connectivity index (χ0n) is 20.0. The van der Waals surface area contributed by atoms with Gasteiger partial charge in [0.25, 0.3) is 0 Å². The van der Waals surface area contributed by atoms with Crippen LogP contribution in [0.1, 0.15) is 44.5 Å². The van der Waals surface area contributed by atoms with Crippen LogP contribution < -0.4 is 5.32 Å². The molecule has 8 nitrogen and oxygen atoms in total. The molecule has 0 amide bonds. The summed E-state index contributed by atoms with van der Waals surface area (Å²) < 4.78 is 26.1. The topological polar surface area (TPSA) is 105 Å². The number of hydrogen-bond donors (Lipinski definition) is 1. The molecule has 1 aliphatic heterocycles. The largest absolute Gasteiger partial charge is 0.609 e. The van der Waals surface area contributed by atoms with Gasteiger partial charge >= 0.3 is 5.16 Å². The highest BCUT2D eigenvalue weighted by Crippen LogP contribution is 2.52. The van der Waals surface area contributed by atoms with Crippen molar-refractivity contribution in [2.45, 2.75) is 76.2 Å². The zero-order chi connectivity index (χ0) is 23.8. The first-order chi connectivity index (χ1) is 16.2. The van der Waals surface area contributed by atoms with E-state index in [0.29, 0.717) is 22.8 Å². The molecule has 5 atom stereocenters. The van der Waals surface area contributed by atoms with Gasteiger partial charge in [-0.05, 0) is 64.9 Å². The molecular formula is C24H29N5O3S2. The molecule has 10 heteroatoms. The number of aromatic nitrogens is 4. The molecule has 1 N–H and O–H groups in total. The zero-order valence-corrected chi connectivity index (χ0v) is 21.6. The molecule has 180 valence electrons. The van der Waals surface area contributed by atoms with E-state index in [1.807, 2.05) is 33.8 Å². The molecule has 3 aliphatic rings. The fraction of sp³-hybridized carbons (Fsp3) is 0.583. The number of nitrogens with one attached hydrogen (secondary N) is 1. The minimum absolute atomic E-state index is 0.0429. The van der Waals surface area contributed by atoms with Gasteiger partial charge in [-0.15, -0.1) is 11.3 Å². The van der Waals surface area contributed by atoms with Crippen LogP contribution in [-0.4, -0.2) is 54.8 Å². The molecule has 0 bridgehead atoms. The van der Waals surface area contributed by atoms with Gasteiger partial charge in [-0.2, -0.15) is 9.97 Å². The fourth-order valence-electron chi connectivity index (χ4n) is 5.45. The highest BCUT2D eigenvalue weighted by molar-refractivity contribution is 7.90. The van der Waals surface area contributed by atoms with Crippen LogP contribution in [-0.2, 0) is 20.6 Å². The molecule has 4 heterocycles. The molecule has 2 aliphatic carbocycles. The van der Waals surface area contributed by atoms with E-state index in [0.717, 1.165) is 38.6 Å². The second-order valence-electron chi connectivity index (χ2n) is 10.1. The summed E-state index contributed by atoms with van der Waals surface area (Å²) in [5.74, 6) is 1.25. The van der Waals surface area contributed by atoms with Crippen molar-refractivity contribution < 1.29 is 14.0 Å². The quantitative estimate of drug-likeness (QED) is 0.411. The van der Waals surface area contributed by atoms with Crippen molar-refractivity contribution in [3.8, 4) is 10.6 Å². The van der Waals surface area contributed by atoms with E-state index in [9.17, 15) is 4.55 Å². The lowest BCUT2D eigenvalue weighted by Gasteiger charge is -2.25. The van der Waals surface area contributed by atoms with E-state index in [4.69, 9.17) is 19.4 Å². The average molecular weight is 500 g/mol. The van der Waals surface area contributed by atoms with Gasteiger partial charge in [-0.1, -0.05) is 0 Å². The molecule has 6 rings (SSSR count). The maximum Gasteiger partial charge on any atom is 0.344 e. The SMILES string of the molecule is Cc1nc([S+](C)[O-])nc(N[C@@H]2C[C@H](C3CC3)[C@H]3OC(C)(C)O[C@H]32)c1-c1nc2c(C)nccc2s1. The monoisotopic (exact) mass is 499 g/mol. The summed E-state index contributed by atoms with van der Waals surface area (Å²) in [6, 6.07) is 2.02. The molecule has 1 saturated heterocycles. The molecule has 3 aromatic heterocycles. The lowest BCUT2D eigenvalue weighted by Crippen LogP contribution is -2.35. The first kappa shape index (κ1) is 22.6. The van der Waals surface area contributed by atoms with E-state index in [-0.39, 0.29) is 18.2 Å². The Balaban J connectivity index is 1.42. The van der Waals surface area contributed by atoms with Crippen molar-refractivity contribution >= 4 is 38.5 Å². The second-order valence-corrected chi connectivity index (χ2v) is 12.4. The number of ether oxygens (including phenoxy) is 2. The van der Waals surface area contributed by atoms with Gasteiger partial charge in [-0.25, -0.2) is 4.98 Å². The number of thiazole rings is 1. The fourth-order valence-corrected chi connectivity index (χ4v) is 7.04. The third-order valence-corrected chi connectivity index (χ3v) is 8.82. The van der Waals surface area contributed by atoms with Crippen molar-refractivity contribution in [3.05, 3.63) is 23.7 Å². The van der Waals surface area contributed by atoms with Crippen LogP contribution in [0.2, 0.25) is 0 Å². The molecule has 0 aromatic carbocycles. The molecule has 34 heavy (non-hydrogen) atoms. The van der Waals surface area contributed by atoms with E-state index in [2.05, 4.69) is 15.3 Å². The van der Waals surface area contributed by atoms with Gasteiger partial charge in [0.15, 0.2) is 5.79 Å². The minimum atomic E-state index is -1.30. The Morgan fingerprint density at radius 3 is 2.59 bits per heavy atom. The van der Waals surface area contributed by atoms with Gasteiger partial charge in [0.1, 0.15) is 28.7 Å². The van der Waals surface area contributed by atoms with Crippen LogP contribution in [0.4, 0.5) is 5.82 Å². The summed E-state index contributed by atoms with van der Waals surface area (Å²) in [4.78, 5) is 18.6. The summed E-state index contributed by atoms with van der Waals surface area (Å²) in [5.41, 5.74) is 3.38. The van der Waals surface area contributed by atoms with Crippen molar-refractivity contribution in [3.63, 3.8) is 0 Å². The van der Waals surface area contributed by atoms with Crippen molar-refractivity contribution in [2.24, 2.45) is 11.8 Å². The van der Waals surface area contributed by atoms with Crippen molar-refractivity contribution in [1.29, 1.82) is 0 Å². The van der Waals surface area contributed by atoms with Crippen LogP contribution in [0.5, 0.6) is 0 Å². The number of anilines is 1. The maximum absolute atomic E-state index is 12.3. The van der Waals surface area contributed by atoms with Gasteiger partial charge in [-0.3, -0.25) is 4.98 Å². The smallest absolute Gasteiger partial charge is 0.344 e. The van der Waals surface area contributed by atoms with E-state index < -0.39 is 17.0 Å². The van der Waals surface area contributed by atoms with E-state index in [1.54, 1.807) is 23.8 Å². The van der Waals surface area contributed by atoms with Gasteiger partial charge in [0, 0.05) is 17.4 Å². The Morgan fingerprint density at radius 2 is 1.88 bits per heavy atom. The van der Waals surface area contributed by atoms with Gasteiger partial charge in [0.2, 0.25) is 0 Å². The summed E-state index contributed by atoms with van der Waals surface area (Å²) in [5, 5.41) is 4.84. The minimum Gasteiger partial charge on any atom is -0.609 e. The normalized spacial score (nSPS) is 28.9. The third kappa shape index (κ3) is 3.89. The number of rotatable bonds is 5. The molecular weight excluding hydrogens is 470 g/mol. The number of aryl methyl sites for hydroxylation is 2. The Kier molecular flexibility index (Phi) is 5.38. The predicted octanol–water partition coefficient (Wildman–Crippen LogP) is 4.23. The highest BCUT2D eigenvalue weighted by Gasteiger charge is 2.57. The molecule has 0 spiro atoms. The summed E-state index contributed by atoms with van der Waals surface area (Å²) in [6.45, 7) is 7.87. The van der Waals surface area contributed by atoms with Crippen LogP contribution in [0.25, 0.3) is 20.8 Å². The van der Waals surface area contributed by atoms with Gasteiger partial charge < -0.3 is 19.3 Å². The van der Waals surface area contributed by atoms with Crippen LogP contribution in [0, 0.1) is 25.7 Å². The number of fused-ring (bicyclic) bond motifs is 2. The first-order valence-electron chi connectivity index (χ1n) is 11.8.